The number of carbonyl (C=O) groups excluding carboxylic acids is 2. The molecule has 1 aliphatic heterocycles. The summed E-state index contributed by atoms with van der Waals surface area (Å²) in [5, 5.41) is 0. The molecule has 0 atom stereocenters. The number of hydrogen-bond acceptors (Lipinski definition) is 4. The standard InChI is InChI=1S/C17H19N3O2S/c1-12-3-5-14(6-4-12)9-19-7-8-20(10-15(19)21)17(22)16-13(2)18-11-23-16/h3-6,11H,7-10H2,1-2H3. The fourth-order valence-corrected chi connectivity index (χ4v) is 3.38. The third-order valence-corrected chi connectivity index (χ3v) is 4.96. The lowest BCUT2D eigenvalue weighted by molar-refractivity contribution is -0.135. The van der Waals surface area contributed by atoms with E-state index < -0.39 is 0 Å². The second kappa shape index (κ2) is 6.50. The van der Waals surface area contributed by atoms with Crippen molar-refractivity contribution in [3.63, 3.8) is 0 Å². The van der Waals surface area contributed by atoms with Crippen LogP contribution < -0.4 is 0 Å². The summed E-state index contributed by atoms with van der Waals surface area (Å²) in [6.45, 7) is 5.73. The molecule has 1 aromatic heterocycles. The van der Waals surface area contributed by atoms with Crippen LogP contribution in [0.3, 0.4) is 0 Å². The van der Waals surface area contributed by atoms with Crippen LogP contribution in [0.5, 0.6) is 0 Å². The maximum absolute atomic E-state index is 12.5. The molecule has 1 fully saturated rings. The van der Waals surface area contributed by atoms with E-state index in [1.165, 1.54) is 16.9 Å². The summed E-state index contributed by atoms with van der Waals surface area (Å²) >= 11 is 1.33. The second-order valence-corrected chi connectivity index (χ2v) is 6.65. The van der Waals surface area contributed by atoms with Gasteiger partial charge in [0.1, 0.15) is 11.4 Å². The first-order valence-corrected chi connectivity index (χ1v) is 8.45. The molecule has 2 aromatic rings. The van der Waals surface area contributed by atoms with E-state index >= 15 is 0 Å². The predicted octanol–water partition coefficient (Wildman–Crippen LogP) is 2.24. The van der Waals surface area contributed by atoms with Crippen molar-refractivity contribution < 1.29 is 9.59 Å². The quantitative estimate of drug-likeness (QED) is 0.868. The number of carbonyl (C=O) groups is 2. The summed E-state index contributed by atoms with van der Waals surface area (Å²) in [5.74, 6) is -0.0966. The highest BCUT2D eigenvalue weighted by Gasteiger charge is 2.29. The molecule has 0 aliphatic carbocycles. The van der Waals surface area contributed by atoms with Crippen molar-refractivity contribution in [1.82, 2.24) is 14.8 Å². The van der Waals surface area contributed by atoms with E-state index in [0.717, 1.165) is 11.3 Å². The zero-order chi connectivity index (χ0) is 16.4. The first-order valence-electron chi connectivity index (χ1n) is 7.57. The lowest BCUT2D eigenvalue weighted by atomic mass is 10.1. The van der Waals surface area contributed by atoms with Gasteiger partial charge in [-0.15, -0.1) is 11.3 Å². The molecule has 0 unspecified atom stereocenters. The van der Waals surface area contributed by atoms with Gasteiger partial charge in [0.25, 0.3) is 5.91 Å². The highest BCUT2D eigenvalue weighted by molar-refractivity contribution is 7.11. The first-order chi connectivity index (χ1) is 11.0. The van der Waals surface area contributed by atoms with Crippen LogP contribution in [0.4, 0.5) is 0 Å². The average Bonchev–Trinajstić information content (AvgIpc) is 2.97. The number of hydrogen-bond donors (Lipinski definition) is 0. The monoisotopic (exact) mass is 329 g/mol. The lowest BCUT2D eigenvalue weighted by Gasteiger charge is -2.34. The molecule has 0 N–H and O–H groups in total. The maximum atomic E-state index is 12.5. The molecule has 0 radical (unpaired) electrons. The Balaban J connectivity index is 1.63. The molecule has 0 bridgehead atoms. The number of amides is 2. The van der Waals surface area contributed by atoms with Gasteiger partial charge in [0.05, 0.1) is 11.2 Å². The van der Waals surface area contributed by atoms with E-state index in [1.54, 1.807) is 10.4 Å². The number of benzene rings is 1. The summed E-state index contributed by atoms with van der Waals surface area (Å²) in [5.41, 5.74) is 4.71. The Labute approximate surface area is 139 Å². The normalized spacial score (nSPS) is 15.1. The van der Waals surface area contributed by atoms with Crippen LogP contribution >= 0.6 is 11.3 Å². The Morgan fingerprint density at radius 1 is 1.22 bits per heavy atom. The van der Waals surface area contributed by atoms with Crippen LogP contribution in [0.15, 0.2) is 29.8 Å². The molecule has 23 heavy (non-hydrogen) atoms. The summed E-state index contributed by atoms with van der Waals surface area (Å²) in [4.78, 5) is 33.0. The summed E-state index contributed by atoms with van der Waals surface area (Å²) in [7, 11) is 0. The van der Waals surface area contributed by atoms with Crippen LogP contribution in [0.25, 0.3) is 0 Å². The number of nitrogens with zero attached hydrogens (tertiary/aromatic N) is 3. The molecular formula is C17H19N3O2S. The Morgan fingerprint density at radius 3 is 2.57 bits per heavy atom. The molecule has 6 heteroatoms. The van der Waals surface area contributed by atoms with E-state index in [9.17, 15) is 9.59 Å². The van der Waals surface area contributed by atoms with Crippen LogP contribution in [0, 0.1) is 13.8 Å². The molecular weight excluding hydrogens is 310 g/mol. The van der Waals surface area contributed by atoms with Gasteiger partial charge in [-0.25, -0.2) is 4.98 Å². The molecule has 1 aromatic carbocycles. The third-order valence-electron chi connectivity index (χ3n) is 4.04. The van der Waals surface area contributed by atoms with Crippen LogP contribution in [-0.2, 0) is 11.3 Å². The number of thiazole rings is 1. The van der Waals surface area contributed by atoms with Crippen molar-refractivity contribution >= 4 is 23.2 Å². The van der Waals surface area contributed by atoms with Gasteiger partial charge in [0.2, 0.25) is 5.91 Å². The van der Waals surface area contributed by atoms with Crippen LogP contribution in [0.1, 0.15) is 26.5 Å². The van der Waals surface area contributed by atoms with Gasteiger partial charge in [0.15, 0.2) is 0 Å². The van der Waals surface area contributed by atoms with Gasteiger partial charge in [-0.1, -0.05) is 29.8 Å². The van der Waals surface area contributed by atoms with Gasteiger partial charge in [-0.3, -0.25) is 9.59 Å². The average molecular weight is 329 g/mol. The Hall–Kier alpha value is -2.21. The maximum Gasteiger partial charge on any atom is 0.266 e. The molecule has 1 saturated heterocycles. The highest BCUT2D eigenvalue weighted by atomic mass is 32.1. The number of piperazine rings is 1. The molecule has 2 amide bonds. The van der Waals surface area contributed by atoms with Crippen molar-refractivity contribution in [2.45, 2.75) is 20.4 Å². The molecule has 2 heterocycles. The highest BCUT2D eigenvalue weighted by Crippen LogP contribution is 2.17. The third kappa shape index (κ3) is 3.42. The van der Waals surface area contributed by atoms with Crippen LogP contribution in [0.2, 0.25) is 0 Å². The van der Waals surface area contributed by atoms with Gasteiger partial charge >= 0.3 is 0 Å². The van der Waals surface area contributed by atoms with Crippen molar-refractivity contribution in [2.75, 3.05) is 19.6 Å². The molecule has 5 nitrogen and oxygen atoms in total. The fourth-order valence-electron chi connectivity index (χ4n) is 2.61. The van der Waals surface area contributed by atoms with Gasteiger partial charge in [-0.2, -0.15) is 0 Å². The SMILES string of the molecule is Cc1ccc(CN2CCN(C(=O)c3scnc3C)CC2=O)cc1. The molecule has 3 rings (SSSR count). The van der Waals surface area contributed by atoms with Gasteiger partial charge in [0, 0.05) is 19.6 Å². The smallest absolute Gasteiger partial charge is 0.266 e. The van der Waals surface area contributed by atoms with Gasteiger partial charge < -0.3 is 9.80 Å². The molecule has 120 valence electrons. The Kier molecular flexibility index (Phi) is 4.43. The van der Waals surface area contributed by atoms with E-state index in [-0.39, 0.29) is 18.4 Å². The molecule has 0 saturated carbocycles. The van der Waals surface area contributed by atoms with E-state index in [2.05, 4.69) is 4.98 Å². The minimum absolute atomic E-state index is 0.00709. The van der Waals surface area contributed by atoms with E-state index in [4.69, 9.17) is 0 Å². The Morgan fingerprint density at radius 2 is 1.96 bits per heavy atom. The van der Waals surface area contributed by atoms with Crippen LogP contribution in [-0.4, -0.2) is 46.2 Å². The fraction of sp³-hybridized carbons (Fsp3) is 0.353. The zero-order valence-electron chi connectivity index (χ0n) is 13.3. The molecule has 0 spiro atoms. The Bertz CT molecular complexity index is 724. The van der Waals surface area contributed by atoms with E-state index in [0.29, 0.717) is 24.5 Å². The number of rotatable bonds is 3. The van der Waals surface area contributed by atoms with Crippen molar-refractivity contribution in [1.29, 1.82) is 0 Å². The number of aryl methyl sites for hydroxylation is 2. The van der Waals surface area contributed by atoms with Crippen molar-refractivity contribution in [3.05, 3.63) is 51.5 Å². The second-order valence-electron chi connectivity index (χ2n) is 5.79. The largest absolute Gasteiger partial charge is 0.335 e. The molecule has 1 aliphatic rings. The summed E-state index contributed by atoms with van der Waals surface area (Å²) in [6, 6.07) is 8.18. The van der Waals surface area contributed by atoms with Crippen molar-refractivity contribution in [2.24, 2.45) is 0 Å². The minimum Gasteiger partial charge on any atom is -0.335 e. The number of aromatic nitrogens is 1. The predicted molar refractivity (Wildman–Crippen MR) is 89.4 cm³/mol. The zero-order valence-corrected chi connectivity index (χ0v) is 14.1. The van der Waals surface area contributed by atoms with Crippen molar-refractivity contribution in [3.8, 4) is 0 Å². The topological polar surface area (TPSA) is 53.5 Å². The van der Waals surface area contributed by atoms with Gasteiger partial charge in [-0.05, 0) is 19.4 Å². The first kappa shape index (κ1) is 15.7. The lowest BCUT2D eigenvalue weighted by Crippen LogP contribution is -2.51. The van der Waals surface area contributed by atoms with E-state index in [1.807, 2.05) is 43.0 Å². The summed E-state index contributed by atoms with van der Waals surface area (Å²) < 4.78 is 0. The minimum atomic E-state index is -0.0895. The summed E-state index contributed by atoms with van der Waals surface area (Å²) in [6.07, 6.45) is 0.